The van der Waals surface area contributed by atoms with E-state index in [0.29, 0.717) is 17.8 Å². The van der Waals surface area contributed by atoms with Crippen molar-refractivity contribution in [2.24, 2.45) is 0 Å². The Morgan fingerprint density at radius 1 is 1.30 bits per heavy atom. The molecule has 3 nitrogen and oxygen atoms in total. The SMILES string of the molecule is Nc1ccc2c(c1)CCN2C(=O)c1cccc(F)c1Br. The van der Waals surface area contributed by atoms with Crippen LogP contribution in [0.25, 0.3) is 0 Å². The maximum Gasteiger partial charge on any atom is 0.259 e. The number of rotatable bonds is 1. The summed E-state index contributed by atoms with van der Waals surface area (Å²) in [6.07, 6.45) is 0.763. The molecule has 102 valence electrons. The molecular formula is C15H12BrFN2O. The number of fused-ring (bicyclic) bond motifs is 1. The molecule has 20 heavy (non-hydrogen) atoms. The molecule has 5 heteroatoms. The van der Waals surface area contributed by atoms with E-state index >= 15 is 0 Å². The number of amides is 1. The normalized spacial score (nSPS) is 13.4. The van der Waals surface area contributed by atoms with Gasteiger partial charge in [0.25, 0.3) is 5.91 Å². The molecule has 1 aliphatic rings. The molecule has 0 aliphatic carbocycles. The van der Waals surface area contributed by atoms with E-state index in [9.17, 15) is 9.18 Å². The molecule has 0 unspecified atom stereocenters. The van der Waals surface area contributed by atoms with Gasteiger partial charge in [0, 0.05) is 17.9 Å². The lowest BCUT2D eigenvalue weighted by molar-refractivity contribution is 0.0988. The maximum atomic E-state index is 13.5. The molecule has 0 spiro atoms. The topological polar surface area (TPSA) is 46.3 Å². The first-order chi connectivity index (χ1) is 9.58. The van der Waals surface area contributed by atoms with E-state index in [4.69, 9.17) is 5.73 Å². The number of anilines is 2. The number of nitrogen functional groups attached to an aromatic ring is 1. The number of hydrogen-bond donors (Lipinski definition) is 1. The Morgan fingerprint density at radius 3 is 2.90 bits per heavy atom. The van der Waals surface area contributed by atoms with Gasteiger partial charge in [0.15, 0.2) is 0 Å². The standard InChI is InChI=1S/C15H12BrFN2O/c16-14-11(2-1-3-12(14)17)15(20)19-7-6-9-8-10(18)4-5-13(9)19/h1-5,8H,6-7,18H2. The minimum absolute atomic E-state index is 0.203. The van der Waals surface area contributed by atoms with Crippen LogP contribution >= 0.6 is 15.9 Å². The molecule has 1 aliphatic heterocycles. The lowest BCUT2D eigenvalue weighted by Crippen LogP contribution is -2.29. The Bertz CT molecular complexity index is 702. The third-order valence-electron chi connectivity index (χ3n) is 3.43. The summed E-state index contributed by atoms with van der Waals surface area (Å²) >= 11 is 3.14. The van der Waals surface area contributed by atoms with Crippen LogP contribution in [-0.4, -0.2) is 12.5 Å². The van der Waals surface area contributed by atoms with Crippen molar-refractivity contribution in [3.8, 4) is 0 Å². The molecule has 1 amide bonds. The zero-order valence-corrected chi connectivity index (χ0v) is 12.2. The summed E-state index contributed by atoms with van der Waals surface area (Å²) in [5.74, 6) is -0.646. The third kappa shape index (κ3) is 2.08. The molecule has 0 fully saturated rings. The summed E-state index contributed by atoms with van der Waals surface area (Å²) in [7, 11) is 0. The quantitative estimate of drug-likeness (QED) is 0.812. The average Bonchev–Trinajstić information content (AvgIpc) is 2.84. The van der Waals surface area contributed by atoms with E-state index in [-0.39, 0.29) is 10.4 Å². The van der Waals surface area contributed by atoms with Gasteiger partial charge in [0.2, 0.25) is 0 Å². The molecular weight excluding hydrogens is 323 g/mol. The fraction of sp³-hybridized carbons (Fsp3) is 0.133. The first-order valence-corrected chi connectivity index (χ1v) is 7.01. The highest BCUT2D eigenvalue weighted by atomic mass is 79.9. The second kappa shape index (κ2) is 4.90. The fourth-order valence-corrected chi connectivity index (χ4v) is 2.88. The van der Waals surface area contributed by atoms with Crippen LogP contribution in [-0.2, 0) is 6.42 Å². The number of hydrogen-bond acceptors (Lipinski definition) is 2. The number of nitrogens with zero attached hydrogens (tertiary/aromatic N) is 1. The monoisotopic (exact) mass is 334 g/mol. The molecule has 2 aromatic rings. The van der Waals surface area contributed by atoms with E-state index in [1.165, 1.54) is 12.1 Å². The predicted molar refractivity (Wildman–Crippen MR) is 80.3 cm³/mol. The molecule has 0 bridgehead atoms. The van der Waals surface area contributed by atoms with Crippen LogP contribution in [0.1, 0.15) is 15.9 Å². The summed E-state index contributed by atoms with van der Waals surface area (Å²) in [5, 5.41) is 0. The molecule has 1 heterocycles. The zero-order chi connectivity index (χ0) is 14.3. The minimum atomic E-state index is -0.437. The smallest absolute Gasteiger partial charge is 0.259 e. The van der Waals surface area contributed by atoms with Crippen molar-refractivity contribution in [2.75, 3.05) is 17.2 Å². The van der Waals surface area contributed by atoms with Crippen molar-refractivity contribution in [3.05, 3.63) is 57.8 Å². The summed E-state index contributed by atoms with van der Waals surface area (Å²) in [5.41, 5.74) is 8.66. The van der Waals surface area contributed by atoms with Crippen LogP contribution in [0.5, 0.6) is 0 Å². The van der Waals surface area contributed by atoms with Gasteiger partial charge in [-0.1, -0.05) is 6.07 Å². The highest BCUT2D eigenvalue weighted by molar-refractivity contribution is 9.10. The molecule has 3 rings (SSSR count). The van der Waals surface area contributed by atoms with Crippen LogP contribution in [0, 0.1) is 5.82 Å². The van der Waals surface area contributed by atoms with Crippen molar-refractivity contribution in [2.45, 2.75) is 6.42 Å². The molecule has 0 aromatic heterocycles. The molecule has 0 saturated heterocycles. The van der Waals surface area contributed by atoms with Crippen molar-refractivity contribution < 1.29 is 9.18 Å². The lowest BCUT2D eigenvalue weighted by Gasteiger charge is -2.18. The van der Waals surface area contributed by atoms with Gasteiger partial charge >= 0.3 is 0 Å². The summed E-state index contributed by atoms with van der Waals surface area (Å²) in [6, 6.07) is 9.95. The number of nitrogens with two attached hydrogens (primary N) is 1. The second-order valence-corrected chi connectivity index (χ2v) is 5.49. The van der Waals surface area contributed by atoms with Gasteiger partial charge in [-0.25, -0.2) is 4.39 Å². The van der Waals surface area contributed by atoms with Crippen LogP contribution < -0.4 is 10.6 Å². The molecule has 2 aromatic carbocycles. The van der Waals surface area contributed by atoms with Crippen molar-refractivity contribution in [3.63, 3.8) is 0 Å². The largest absolute Gasteiger partial charge is 0.399 e. The third-order valence-corrected chi connectivity index (χ3v) is 4.23. The maximum absolute atomic E-state index is 13.5. The van der Waals surface area contributed by atoms with E-state index in [1.54, 1.807) is 17.0 Å². The Balaban J connectivity index is 2.00. The van der Waals surface area contributed by atoms with Gasteiger partial charge in [-0.2, -0.15) is 0 Å². The van der Waals surface area contributed by atoms with Gasteiger partial charge in [-0.15, -0.1) is 0 Å². The van der Waals surface area contributed by atoms with E-state index < -0.39 is 5.82 Å². The number of carbonyl (C=O) groups is 1. The Hall–Kier alpha value is -1.88. The Morgan fingerprint density at radius 2 is 2.10 bits per heavy atom. The summed E-state index contributed by atoms with van der Waals surface area (Å²) in [6.45, 7) is 0.584. The zero-order valence-electron chi connectivity index (χ0n) is 10.6. The molecule has 0 saturated carbocycles. The van der Waals surface area contributed by atoms with Crippen LogP contribution in [0.3, 0.4) is 0 Å². The van der Waals surface area contributed by atoms with E-state index in [2.05, 4.69) is 15.9 Å². The Labute approximate surface area is 124 Å². The molecule has 0 atom stereocenters. The second-order valence-electron chi connectivity index (χ2n) is 4.70. The summed E-state index contributed by atoms with van der Waals surface area (Å²) in [4.78, 5) is 14.2. The Kier molecular flexibility index (Phi) is 3.22. The van der Waals surface area contributed by atoms with Gasteiger partial charge < -0.3 is 10.6 Å². The number of halogens is 2. The minimum Gasteiger partial charge on any atom is -0.399 e. The van der Waals surface area contributed by atoms with Crippen molar-refractivity contribution in [1.29, 1.82) is 0 Å². The lowest BCUT2D eigenvalue weighted by atomic mass is 10.1. The van der Waals surface area contributed by atoms with Crippen LogP contribution in [0.15, 0.2) is 40.9 Å². The van der Waals surface area contributed by atoms with E-state index in [1.807, 2.05) is 12.1 Å². The van der Waals surface area contributed by atoms with Gasteiger partial charge in [0.05, 0.1) is 10.0 Å². The van der Waals surface area contributed by atoms with Crippen molar-refractivity contribution >= 4 is 33.2 Å². The van der Waals surface area contributed by atoms with Crippen LogP contribution in [0.2, 0.25) is 0 Å². The number of carbonyl (C=O) groups excluding carboxylic acids is 1. The van der Waals surface area contributed by atoms with Gasteiger partial charge in [-0.05, 0) is 58.2 Å². The molecule has 2 N–H and O–H groups in total. The van der Waals surface area contributed by atoms with Gasteiger partial charge in [0.1, 0.15) is 5.82 Å². The summed E-state index contributed by atoms with van der Waals surface area (Å²) < 4.78 is 13.7. The van der Waals surface area contributed by atoms with Crippen LogP contribution in [0.4, 0.5) is 15.8 Å². The van der Waals surface area contributed by atoms with Gasteiger partial charge in [-0.3, -0.25) is 4.79 Å². The molecule has 0 radical (unpaired) electrons. The highest BCUT2D eigenvalue weighted by Crippen LogP contribution is 2.32. The van der Waals surface area contributed by atoms with Crippen molar-refractivity contribution in [1.82, 2.24) is 0 Å². The fourth-order valence-electron chi connectivity index (χ4n) is 2.45. The number of benzene rings is 2. The predicted octanol–water partition coefficient (Wildman–Crippen LogP) is 3.37. The highest BCUT2D eigenvalue weighted by Gasteiger charge is 2.27. The first kappa shape index (κ1) is 13.1. The first-order valence-electron chi connectivity index (χ1n) is 6.22. The van der Waals surface area contributed by atoms with E-state index in [0.717, 1.165) is 17.7 Å². The average molecular weight is 335 g/mol.